The van der Waals surface area contributed by atoms with E-state index in [0.717, 1.165) is 18.0 Å². The topological polar surface area (TPSA) is 38.3 Å². The van der Waals surface area contributed by atoms with Gasteiger partial charge in [0.15, 0.2) is 5.78 Å². The first-order valence-electron chi connectivity index (χ1n) is 4.84. The van der Waals surface area contributed by atoms with Gasteiger partial charge in [-0.1, -0.05) is 0 Å². The van der Waals surface area contributed by atoms with Gasteiger partial charge in [-0.15, -0.1) is 11.6 Å². The van der Waals surface area contributed by atoms with E-state index < -0.39 is 0 Å². The van der Waals surface area contributed by atoms with Crippen molar-refractivity contribution in [1.82, 2.24) is 0 Å². The molecule has 0 saturated heterocycles. The van der Waals surface area contributed by atoms with Crippen molar-refractivity contribution in [3.05, 3.63) is 23.8 Å². The number of carbonyl (C=O) groups is 1. The smallest absolute Gasteiger partial charge is 0.177 e. The van der Waals surface area contributed by atoms with E-state index in [4.69, 9.17) is 16.3 Å². The van der Waals surface area contributed by atoms with Crippen molar-refractivity contribution in [1.29, 1.82) is 0 Å². The molecule has 80 valence electrons. The molecule has 1 aromatic rings. The van der Waals surface area contributed by atoms with Crippen molar-refractivity contribution in [2.75, 3.05) is 17.7 Å². The zero-order valence-corrected chi connectivity index (χ0v) is 9.17. The average Bonchev–Trinajstić information content (AvgIpc) is 2.27. The maximum Gasteiger partial charge on any atom is 0.177 e. The molecule has 2 rings (SSSR count). The SMILES string of the molecule is CC1CNc2cc(C(=O)CCl)ccc2O1. The Kier molecular flexibility index (Phi) is 2.82. The van der Waals surface area contributed by atoms with Crippen molar-refractivity contribution in [2.45, 2.75) is 13.0 Å². The Balaban J connectivity index is 2.30. The van der Waals surface area contributed by atoms with Crippen molar-refractivity contribution >= 4 is 23.1 Å². The molecule has 1 N–H and O–H groups in total. The molecule has 0 radical (unpaired) electrons. The molecule has 0 fully saturated rings. The first kappa shape index (κ1) is 10.3. The fraction of sp³-hybridized carbons (Fsp3) is 0.364. The minimum absolute atomic E-state index is 0.00997. The molecular weight excluding hydrogens is 214 g/mol. The summed E-state index contributed by atoms with van der Waals surface area (Å²) in [5.41, 5.74) is 1.48. The molecule has 3 nitrogen and oxygen atoms in total. The lowest BCUT2D eigenvalue weighted by Gasteiger charge is -2.25. The van der Waals surface area contributed by atoms with E-state index in [0.29, 0.717) is 5.56 Å². The number of alkyl halides is 1. The van der Waals surface area contributed by atoms with E-state index in [-0.39, 0.29) is 17.8 Å². The van der Waals surface area contributed by atoms with Crippen LogP contribution in [0, 0.1) is 0 Å². The summed E-state index contributed by atoms with van der Waals surface area (Å²) in [5.74, 6) is 0.732. The van der Waals surface area contributed by atoms with E-state index in [9.17, 15) is 4.79 Å². The van der Waals surface area contributed by atoms with Crippen LogP contribution in [0.15, 0.2) is 18.2 Å². The molecule has 1 atom stereocenters. The monoisotopic (exact) mass is 225 g/mol. The highest BCUT2D eigenvalue weighted by Gasteiger charge is 2.16. The molecule has 0 aliphatic carbocycles. The second-order valence-corrected chi connectivity index (χ2v) is 3.84. The fourth-order valence-electron chi connectivity index (χ4n) is 1.53. The number of rotatable bonds is 2. The van der Waals surface area contributed by atoms with Crippen molar-refractivity contribution in [3.63, 3.8) is 0 Å². The van der Waals surface area contributed by atoms with Gasteiger partial charge in [0, 0.05) is 5.56 Å². The standard InChI is InChI=1S/C11H12ClNO2/c1-7-6-13-9-4-8(10(14)5-12)2-3-11(9)15-7/h2-4,7,13H,5-6H2,1H3. The van der Waals surface area contributed by atoms with Gasteiger partial charge >= 0.3 is 0 Å². The highest BCUT2D eigenvalue weighted by atomic mass is 35.5. The molecule has 1 aliphatic heterocycles. The van der Waals surface area contributed by atoms with Crippen LogP contribution in [0.25, 0.3) is 0 Å². The van der Waals surface area contributed by atoms with Gasteiger partial charge in [-0.25, -0.2) is 0 Å². The Morgan fingerprint density at radius 3 is 3.20 bits per heavy atom. The molecule has 1 aromatic carbocycles. The predicted molar refractivity (Wildman–Crippen MR) is 60.1 cm³/mol. The molecule has 1 heterocycles. The van der Waals surface area contributed by atoms with Crippen LogP contribution in [0.4, 0.5) is 5.69 Å². The number of ether oxygens (including phenoxy) is 1. The molecule has 4 heteroatoms. The van der Waals surface area contributed by atoms with Crippen LogP contribution in [0.2, 0.25) is 0 Å². The number of fused-ring (bicyclic) bond motifs is 1. The van der Waals surface area contributed by atoms with Crippen molar-refractivity contribution in [3.8, 4) is 5.75 Å². The molecule has 0 spiro atoms. The van der Waals surface area contributed by atoms with E-state index in [1.165, 1.54) is 0 Å². The lowest BCUT2D eigenvalue weighted by Crippen LogP contribution is -2.27. The van der Waals surface area contributed by atoms with Gasteiger partial charge in [-0.2, -0.15) is 0 Å². The van der Waals surface area contributed by atoms with Crippen molar-refractivity contribution in [2.24, 2.45) is 0 Å². The second-order valence-electron chi connectivity index (χ2n) is 3.58. The number of ketones is 1. The number of carbonyl (C=O) groups excluding carboxylic acids is 1. The molecule has 1 aliphatic rings. The molecule has 0 bridgehead atoms. The van der Waals surface area contributed by atoms with Crippen LogP contribution in [0.5, 0.6) is 5.75 Å². The molecule has 0 saturated carbocycles. The largest absolute Gasteiger partial charge is 0.487 e. The number of nitrogens with one attached hydrogen (secondary N) is 1. The van der Waals surface area contributed by atoms with Crippen LogP contribution < -0.4 is 10.1 Å². The Morgan fingerprint density at radius 2 is 2.47 bits per heavy atom. The van der Waals surface area contributed by atoms with Crippen LogP contribution >= 0.6 is 11.6 Å². The predicted octanol–water partition coefficient (Wildman–Crippen LogP) is 2.30. The van der Waals surface area contributed by atoms with E-state index in [1.54, 1.807) is 18.2 Å². The number of benzene rings is 1. The highest BCUT2D eigenvalue weighted by molar-refractivity contribution is 6.30. The summed E-state index contributed by atoms with van der Waals surface area (Å²) in [7, 11) is 0. The minimum atomic E-state index is -0.0695. The lowest BCUT2D eigenvalue weighted by molar-refractivity contribution is 0.102. The van der Waals surface area contributed by atoms with Crippen LogP contribution in [0.3, 0.4) is 0 Å². The highest BCUT2D eigenvalue weighted by Crippen LogP contribution is 2.29. The van der Waals surface area contributed by atoms with Gasteiger partial charge in [0.2, 0.25) is 0 Å². The molecule has 1 unspecified atom stereocenters. The molecule has 0 aromatic heterocycles. The summed E-state index contributed by atoms with van der Waals surface area (Å²) in [4.78, 5) is 11.4. The summed E-state index contributed by atoms with van der Waals surface area (Å²) >= 11 is 5.49. The summed E-state index contributed by atoms with van der Waals surface area (Å²) in [6.45, 7) is 2.75. The number of hydrogen-bond acceptors (Lipinski definition) is 3. The van der Waals surface area contributed by atoms with Gasteiger partial charge < -0.3 is 10.1 Å². The third-order valence-corrected chi connectivity index (χ3v) is 2.57. The molecular formula is C11H12ClNO2. The zero-order chi connectivity index (χ0) is 10.8. The van der Waals surface area contributed by atoms with Gasteiger partial charge in [0.1, 0.15) is 11.9 Å². The van der Waals surface area contributed by atoms with E-state index >= 15 is 0 Å². The normalized spacial score (nSPS) is 18.7. The average molecular weight is 226 g/mol. The maximum absolute atomic E-state index is 11.4. The molecule has 15 heavy (non-hydrogen) atoms. The second kappa shape index (κ2) is 4.11. The quantitative estimate of drug-likeness (QED) is 0.620. The Hall–Kier alpha value is -1.22. The van der Waals surface area contributed by atoms with Crippen LogP contribution in [-0.4, -0.2) is 24.3 Å². The van der Waals surface area contributed by atoms with E-state index in [1.807, 2.05) is 6.92 Å². The van der Waals surface area contributed by atoms with Gasteiger partial charge in [-0.3, -0.25) is 4.79 Å². The molecule has 0 amide bonds. The summed E-state index contributed by atoms with van der Waals surface area (Å²) in [6.07, 6.45) is 0.159. The Bertz CT molecular complexity index is 392. The van der Waals surface area contributed by atoms with Crippen molar-refractivity contribution < 1.29 is 9.53 Å². The lowest BCUT2D eigenvalue weighted by atomic mass is 10.1. The zero-order valence-electron chi connectivity index (χ0n) is 8.42. The third kappa shape index (κ3) is 2.07. The number of halogens is 1. The first-order valence-corrected chi connectivity index (χ1v) is 5.38. The third-order valence-electron chi connectivity index (χ3n) is 2.33. The Morgan fingerprint density at radius 1 is 1.67 bits per heavy atom. The fourth-order valence-corrected chi connectivity index (χ4v) is 1.69. The number of anilines is 1. The Labute approximate surface area is 93.4 Å². The number of Topliss-reactive ketones (excluding diaryl/α,β-unsaturated/α-hetero) is 1. The summed E-state index contributed by atoms with van der Waals surface area (Å²) in [6, 6.07) is 5.33. The number of hydrogen-bond donors (Lipinski definition) is 1. The maximum atomic E-state index is 11.4. The van der Waals surface area contributed by atoms with Gasteiger partial charge in [0.25, 0.3) is 0 Å². The van der Waals surface area contributed by atoms with Crippen LogP contribution in [0.1, 0.15) is 17.3 Å². The minimum Gasteiger partial charge on any atom is -0.487 e. The first-order chi connectivity index (χ1) is 7.20. The summed E-state index contributed by atoms with van der Waals surface area (Å²) < 4.78 is 5.59. The van der Waals surface area contributed by atoms with Gasteiger partial charge in [-0.05, 0) is 25.1 Å². The van der Waals surface area contributed by atoms with Gasteiger partial charge in [0.05, 0.1) is 18.1 Å². The van der Waals surface area contributed by atoms with E-state index in [2.05, 4.69) is 5.32 Å². The van der Waals surface area contributed by atoms with Crippen LogP contribution in [-0.2, 0) is 0 Å². The summed E-state index contributed by atoms with van der Waals surface area (Å²) in [5, 5.41) is 3.21.